The molecule has 23 heavy (non-hydrogen) atoms. The molecular formula is C18H28ClNO3. The Morgan fingerprint density at radius 2 is 2.04 bits per heavy atom. The highest BCUT2D eigenvalue weighted by atomic mass is 35.5. The van der Waals surface area contributed by atoms with Crippen molar-refractivity contribution in [2.24, 2.45) is 5.92 Å². The Morgan fingerprint density at radius 1 is 1.30 bits per heavy atom. The van der Waals surface area contributed by atoms with E-state index in [1.807, 2.05) is 19.1 Å². The highest BCUT2D eigenvalue weighted by Crippen LogP contribution is 2.22. The molecule has 5 heteroatoms. The molecule has 0 unspecified atom stereocenters. The molecule has 130 valence electrons. The number of hydrogen-bond donors (Lipinski definition) is 1. The summed E-state index contributed by atoms with van der Waals surface area (Å²) in [5, 5.41) is 3.37. The van der Waals surface area contributed by atoms with Crippen molar-refractivity contribution in [3.05, 3.63) is 29.3 Å². The van der Waals surface area contributed by atoms with E-state index in [1.165, 1.54) is 12.8 Å². The van der Waals surface area contributed by atoms with Crippen LogP contribution in [0.2, 0.25) is 0 Å². The maximum atomic E-state index is 11.4. The topological polar surface area (TPSA) is 47.6 Å². The summed E-state index contributed by atoms with van der Waals surface area (Å²) < 4.78 is 10.9. The number of aryl methyl sites for hydroxylation is 2. The summed E-state index contributed by atoms with van der Waals surface area (Å²) in [5.41, 5.74) is 2.29. The summed E-state index contributed by atoms with van der Waals surface area (Å²) in [6.45, 7) is 7.33. The van der Waals surface area contributed by atoms with Gasteiger partial charge in [-0.15, -0.1) is 12.4 Å². The quantitative estimate of drug-likeness (QED) is 0.773. The molecule has 0 atom stereocenters. The van der Waals surface area contributed by atoms with E-state index in [0.29, 0.717) is 25.4 Å². The van der Waals surface area contributed by atoms with Crippen molar-refractivity contribution in [3.8, 4) is 5.75 Å². The Kier molecular flexibility index (Phi) is 9.03. The Morgan fingerprint density at radius 3 is 2.70 bits per heavy atom. The molecule has 0 saturated carbocycles. The third-order valence-corrected chi connectivity index (χ3v) is 4.10. The van der Waals surface area contributed by atoms with Crippen LogP contribution >= 0.6 is 12.4 Å². The maximum absolute atomic E-state index is 11.4. The number of ether oxygens (including phenoxy) is 2. The predicted molar refractivity (Wildman–Crippen MR) is 94.5 cm³/mol. The van der Waals surface area contributed by atoms with Gasteiger partial charge in [0.05, 0.1) is 13.2 Å². The molecule has 1 aromatic rings. The molecule has 0 radical (unpaired) electrons. The first-order chi connectivity index (χ1) is 10.7. The fraction of sp³-hybridized carbons (Fsp3) is 0.611. The van der Waals surface area contributed by atoms with Gasteiger partial charge in [0, 0.05) is 6.42 Å². The maximum Gasteiger partial charge on any atom is 0.306 e. The number of carbonyl (C=O) groups excluding carboxylic acids is 1. The van der Waals surface area contributed by atoms with Crippen molar-refractivity contribution < 1.29 is 14.3 Å². The normalized spacial score (nSPS) is 14.9. The Hall–Kier alpha value is -1.26. The summed E-state index contributed by atoms with van der Waals surface area (Å²) in [7, 11) is 0. The molecule has 0 amide bonds. The Labute approximate surface area is 145 Å². The first-order valence-corrected chi connectivity index (χ1v) is 8.27. The van der Waals surface area contributed by atoms with Gasteiger partial charge >= 0.3 is 5.97 Å². The number of benzene rings is 1. The molecular weight excluding hydrogens is 314 g/mol. The van der Waals surface area contributed by atoms with Gasteiger partial charge in [-0.3, -0.25) is 4.79 Å². The minimum atomic E-state index is -0.133. The van der Waals surface area contributed by atoms with Gasteiger partial charge < -0.3 is 14.8 Å². The van der Waals surface area contributed by atoms with Crippen LogP contribution in [0.3, 0.4) is 0 Å². The van der Waals surface area contributed by atoms with Crippen LogP contribution in [0.25, 0.3) is 0 Å². The number of piperidine rings is 1. The van der Waals surface area contributed by atoms with Crippen molar-refractivity contribution in [2.45, 2.75) is 39.5 Å². The predicted octanol–water partition coefficient (Wildman–Crippen LogP) is 3.29. The lowest BCUT2D eigenvalue weighted by atomic mass is 9.99. The zero-order valence-corrected chi connectivity index (χ0v) is 14.9. The van der Waals surface area contributed by atoms with Crippen LogP contribution < -0.4 is 10.1 Å². The van der Waals surface area contributed by atoms with Gasteiger partial charge in [-0.2, -0.15) is 0 Å². The van der Waals surface area contributed by atoms with Gasteiger partial charge in [0.1, 0.15) is 5.75 Å². The number of esters is 1. The average molecular weight is 342 g/mol. The smallest absolute Gasteiger partial charge is 0.306 e. The second kappa shape index (κ2) is 10.5. The van der Waals surface area contributed by atoms with Crippen LogP contribution in [0.1, 0.15) is 37.3 Å². The van der Waals surface area contributed by atoms with Crippen LogP contribution in [0.4, 0.5) is 0 Å². The van der Waals surface area contributed by atoms with E-state index in [2.05, 4.69) is 18.3 Å². The van der Waals surface area contributed by atoms with Crippen molar-refractivity contribution in [1.82, 2.24) is 5.32 Å². The zero-order valence-electron chi connectivity index (χ0n) is 14.1. The van der Waals surface area contributed by atoms with Gasteiger partial charge in [-0.05, 0) is 69.3 Å². The highest BCUT2D eigenvalue weighted by Gasteiger charge is 2.14. The standard InChI is InChI=1S/C18H27NO3.ClH/c1-3-21-18(20)7-5-15-4-6-17(14(2)12-15)22-13-16-8-10-19-11-9-16;/h4,6,12,16,19H,3,5,7-11,13H2,1-2H3;1H. The van der Waals surface area contributed by atoms with Gasteiger partial charge in [-0.1, -0.05) is 12.1 Å². The second-order valence-corrected chi connectivity index (χ2v) is 5.91. The molecule has 0 aliphatic carbocycles. The minimum absolute atomic E-state index is 0. The highest BCUT2D eigenvalue weighted by molar-refractivity contribution is 5.85. The molecule has 1 saturated heterocycles. The first kappa shape index (κ1) is 19.8. The van der Waals surface area contributed by atoms with Crippen LogP contribution in [0.5, 0.6) is 5.75 Å². The Bertz CT molecular complexity index is 487. The fourth-order valence-corrected chi connectivity index (χ4v) is 2.76. The van der Waals surface area contributed by atoms with Crippen molar-refractivity contribution >= 4 is 18.4 Å². The van der Waals surface area contributed by atoms with Crippen molar-refractivity contribution in [1.29, 1.82) is 0 Å². The fourth-order valence-electron chi connectivity index (χ4n) is 2.76. The minimum Gasteiger partial charge on any atom is -0.493 e. The molecule has 2 rings (SSSR count). The number of halogens is 1. The number of nitrogens with one attached hydrogen (secondary N) is 1. The second-order valence-electron chi connectivity index (χ2n) is 5.91. The van der Waals surface area contributed by atoms with E-state index in [1.54, 1.807) is 0 Å². The van der Waals surface area contributed by atoms with E-state index in [4.69, 9.17) is 9.47 Å². The van der Waals surface area contributed by atoms with Crippen molar-refractivity contribution in [2.75, 3.05) is 26.3 Å². The lowest BCUT2D eigenvalue weighted by Crippen LogP contribution is -2.30. The summed E-state index contributed by atoms with van der Waals surface area (Å²) in [5.74, 6) is 1.48. The van der Waals surface area contributed by atoms with Gasteiger partial charge in [0.25, 0.3) is 0 Å². The lowest BCUT2D eigenvalue weighted by molar-refractivity contribution is -0.143. The molecule has 1 aliphatic heterocycles. The molecule has 1 fully saturated rings. The van der Waals surface area contributed by atoms with E-state index >= 15 is 0 Å². The molecule has 1 N–H and O–H groups in total. The van der Waals surface area contributed by atoms with Gasteiger partial charge in [-0.25, -0.2) is 0 Å². The summed E-state index contributed by atoms with van der Waals surface area (Å²) in [6, 6.07) is 6.18. The molecule has 0 bridgehead atoms. The number of carbonyl (C=O) groups is 1. The van der Waals surface area contributed by atoms with E-state index in [-0.39, 0.29) is 18.4 Å². The zero-order chi connectivity index (χ0) is 15.8. The number of hydrogen-bond acceptors (Lipinski definition) is 4. The largest absolute Gasteiger partial charge is 0.493 e. The molecule has 0 spiro atoms. The molecule has 4 nitrogen and oxygen atoms in total. The molecule has 1 aromatic carbocycles. The summed E-state index contributed by atoms with van der Waals surface area (Å²) in [4.78, 5) is 11.4. The van der Waals surface area contributed by atoms with E-state index in [0.717, 1.165) is 36.6 Å². The van der Waals surface area contributed by atoms with Crippen LogP contribution in [-0.2, 0) is 16.0 Å². The summed E-state index contributed by atoms with van der Waals surface area (Å²) in [6.07, 6.45) is 3.53. The third kappa shape index (κ3) is 6.80. The van der Waals surface area contributed by atoms with E-state index in [9.17, 15) is 4.79 Å². The van der Waals surface area contributed by atoms with Crippen LogP contribution in [-0.4, -0.2) is 32.3 Å². The van der Waals surface area contributed by atoms with Crippen molar-refractivity contribution in [3.63, 3.8) is 0 Å². The van der Waals surface area contributed by atoms with Gasteiger partial charge in [0.15, 0.2) is 0 Å². The lowest BCUT2D eigenvalue weighted by Gasteiger charge is -2.23. The average Bonchev–Trinajstić information content (AvgIpc) is 2.53. The summed E-state index contributed by atoms with van der Waals surface area (Å²) >= 11 is 0. The van der Waals surface area contributed by atoms with Gasteiger partial charge in [0.2, 0.25) is 0 Å². The molecule has 0 aromatic heterocycles. The number of rotatable bonds is 7. The SMILES string of the molecule is CCOC(=O)CCc1ccc(OCC2CCNCC2)c(C)c1.Cl. The van der Waals surface area contributed by atoms with Crippen LogP contribution in [0.15, 0.2) is 18.2 Å². The van der Waals surface area contributed by atoms with Crippen LogP contribution in [0, 0.1) is 12.8 Å². The molecule has 1 aliphatic rings. The monoisotopic (exact) mass is 341 g/mol. The third-order valence-electron chi connectivity index (χ3n) is 4.10. The van der Waals surface area contributed by atoms with E-state index < -0.39 is 0 Å². The Balaban J connectivity index is 0.00000264. The molecule has 1 heterocycles. The first-order valence-electron chi connectivity index (χ1n) is 8.27.